The van der Waals surface area contributed by atoms with E-state index in [-0.39, 0.29) is 6.54 Å². The Bertz CT molecular complexity index is 800. The number of aryl methyl sites for hydroxylation is 1. The van der Waals surface area contributed by atoms with Crippen LogP contribution in [0, 0.1) is 18.6 Å². The lowest BCUT2D eigenvalue weighted by atomic mass is 10.1. The SMILES string of the molecule is Cc1ccc2cccc(NCc3cc(F)ccc3F)c2n1. The summed E-state index contributed by atoms with van der Waals surface area (Å²) in [6.07, 6.45) is 0. The van der Waals surface area contributed by atoms with Crippen molar-refractivity contribution in [3.05, 3.63) is 71.4 Å². The zero-order chi connectivity index (χ0) is 14.8. The minimum atomic E-state index is -0.444. The van der Waals surface area contributed by atoms with Crippen LogP contribution in [0.1, 0.15) is 11.3 Å². The molecular weight excluding hydrogens is 270 g/mol. The zero-order valence-corrected chi connectivity index (χ0v) is 11.5. The van der Waals surface area contributed by atoms with Crippen LogP contribution in [-0.2, 0) is 6.54 Å². The van der Waals surface area contributed by atoms with Crippen LogP contribution in [0.15, 0.2) is 48.5 Å². The van der Waals surface area contributed by atoms with Crippen molar-refractivity contribution < 1.29 is 8.78 Å². The number of anilines is 1. The molecule has 0 saturated carbocycles. The molecule has 2 nitrogen and oxygen atoms in total. The van der Waals surface area contributed by atoms with Gasteiger partial charge in [0.05, 0.1) is 11.2 Å². The molecule has 0 unspecified atom stereocenters. The van der Waals surface area contributed by atoms with E-state index in [1.165, 1.54) is 6.07 Å². The molecule has 106 valence electrons. The summed E-state index contributed by atoms with van der Waals surface area (Å²) in [5, 5.41) is 4.13. The van der Waals surface area contributed by atoms with Crippen molar-refractivity contribution in [3.63, 3.8) is 0 Å². The smallest absolute Gasteiger partial charge is 0.128 e. The van der Waals surface area contributed by atoms with Gasteiger partial charge in [-0.25, -0.2) is 8.78 Å². The monoisotopic (exact) mass is 284 g/mol. The summed E-state index contributed by atoms with van der Waals surface area (Å²) in [6, 6.07) is 13.1. The largest absolute Gasteiger partial charge is 0.379 e. The minimum absolute atomic E-state index is 0.207. The Morgan fingerprint density at radius 2 is 1.90 bits per heavy atom. The third-order valence-electron chi connectivity index (χ3n) is 3.34. The molecule has 3 rings (SSSR count). The van der Waals surface area contributed by atoms with Crippen molar-refractivity contribution in [3.8, 4) is 0 Å². The topological polar surface area (TPSA) is 24.9 Å². The number of rotatable bonds is 3. The average molecular weight is 284 g/mol. The lowest BCUT2D eigenvalue weighted by Gasteiger charge is -2.10. The van der Waals surface area contributed by atoms with Crippen molar-refractivity contribution in [2.75, 3.05) is 5.32 Å². The molecule has 0 radical (unpaired) electrons. The third kappa shape index (κ3) is 2.84. The van der Waals surface area contributed by atoms with E-state index in [4.69, 9.17) is 0 Å². The van der Waals surface area contributed by atoms with Crippen LogP contribution < -0.4 is 5.32 Å². The molecule has 2 aromatic carbocycles. The Balaban J connectivity index is 1.91. The van der Waals surface area contributed by atoms with Crippen LogP contribution in [0.3, 0.4) is 0 Å². The summed E-state index contributed by atoms with van der Waals surface area (Å²) in [7, 11) is 0. The fourth-order valence-corrected chi connectivity index (χ4v) is 2.26. The lowest BCUT2D eigenvalue weighted by molar-refractivity contribution is 0.587. The molecule has 0 aliphatic heterocycles. The number of aromatic nitrogens is 1. The highest BCUT2D eigenvalue weighted by Gasteiger charge is 2.06. The van der Waals surface area contributed by atoms with Crippen LogP contribution >= 0.6 is 0 Å². The average Bonchev–Trinajstić information content (AvgIpc) is 2.48. The first-order valence-corrected chi connectivity index (χ1v) is 6.68. The number of halogens is 2. The summed E-state index contributed by atoms with van der Waals surface area (Å²) >= 11 is 0. The number of nitrogens with one attached hydrogen (secondary N) is 1. The normalized spacial score (nSPS) is 10.8. The van der Waals surface area contributed by atoms with Gasteiger partial charge < -0.3 is 5.32 Å². The first-order valence-electron chi connectivity index (χ1n) is 6.68. The first kappa shape index (κ1) is 13.5. The second kappa shape index (κ2) is 5.48. The van der Waals surface area contributed by atoms with Crippen molar-refractivity contribution in [1.29, 1.82) is 0 Å². The Labute approximate surface area is 121 Å². The van der Waals surface area contributed by atoms with E-state index in [0.717, 1.165) is 34.4 Å². The Morgan fingerprint density at radius 3 is 2.76 bits per heavy atom. The van der Waals surface area contributed by atoms with E-state index in [1.807, 2.05) is 37.3 Å². The van der Waals surface area contributed by atoms with E-state index in [9.17, 15) is 8.78 Å². The van der Waals surface area contributed by atoms with Gasteiger partial charge in [0.15, 0.2) is 0 Å². The minimum Gasteiger partial charge on any atom is -0.379 e. The van der Waals surface area contributed by atoms with Gasteiger partial charge in [-0.1, -0.05) is 18.2 Å². The lowest BCUT2D eigenvalue weighted by Crippen LogP contribution is -2.03. The van der Waals surface area contributed by atoms with E-state index in [2.05, 4.69) is 10.3 Å². The summed E-state index contributed by atoms with van der Waals surface area (Å²) < 4.78 is 26.8. The fourth-order valence-electron chi connectivity index (χ4n) is 2.26. The molecule has 4 heteroatoms. The molecule has 0 aliphatic carbocycles. The van der Waals surface area contributed by atoms with Crippen molar-refractivity contribution in [1.82, 2.24) is 4.98 Å². The molecule has 0 bridgehead atoms. The fraction of sp³-hybridized carbons (Fsp3) is 0.118. The molecule has 0 saturated heterocycles. The number of hydrogen-bond acceptors (Lipinski definition) is 2. The van der Waals surface area contributed by atoms with Crippen LogP contribution in [0.2, 0.25) is 0 Å². The van der Waals surface area contributed by atoms with Crippen molar-refractivity contribution in [2.24, 2.45) is 0 Å². The van der Waals surface area contributed by atoms with Gasteiger partial charge in [-0.05, 0) is 37.3 Å². The molecule has 21 heavy (non-hydrogen) atoms. The maximum Gasteiger partial charge on any atom is 0.128 e. The molecule has 1 aromatic heterocycles. The van der Waals surface area contributed by atoms with Crippen LogP contribution in [0.25, 0.3) is 10.9 Å². The molecule has 0 spiro atoms. The van der Waals surface area contributed by atoms with Crippen LogP contribution in [0.5, 0.6) is 0 Å². The molecule has 0 fully saturated rings. The second-order valence-electron chi connectivity index (χ2n) is 4.92. The van der Waals surface area contributed by atoms with Crippen LogP contribution in [0.4, 0.5) is 14.5 Å². The van der Waals surface area contributed by atoms with Crippen LogP contribution in [-0.4, -0.2) is 4.98 Å². The standard InChI is InChI=1S/C17H14F2N2/c1-11-5-6-12-3-2-4-16(17(12)21-11)20-10-13-9-14(18)7-8-15(13)19/h2-9,20H,10H2,1H3. The number of para-hydroxylation sites is 1. The van der Waals surface area contributed by atoms with Gasteiger partial charge in [-0.2, -0.15) is 0 Å². The molecule has 0 atom stereocenters. The summed E-state index contributed by atoms with van der Waals surface area (Å²) in [4.78, 5) is 4.50. The van der Waals surface area contributed by atoms with Gasteiger partial charge in [-0.15, -0.1) is 0 Å². The number of benzene rings is 2. The highest BCUT2D eigenvalue weighted by atomic mass is 19.1. The highest BCUT2D eigenvalue weighted by Crippen LogP contribution is 2.22. The summed E-state index contributed by atoms with van der Waals surface area (Å²) in [5.74, 6) is -0.867. The van der Waals surface area contributed by atoms with E-state index in [0.29, 0.717) is 5.56 Å². The number of pyridine rings is 1. The van der Waals surface area contributed by atoms with Gasteiger partial charge in [-0.3, -0.25) is 4.98 Å². The predicted octanol–water partition coefficient (Wildman–Crippen LogP) is 4.43. The first-order chi connectivity index (χ1) is 10.1. The molecular formula is C17H14F2N2. The Morgan fingerprint density at radius 1 is 1.05 bits per heavy atom. The second-order valence-corrected chi connectivity index (χ2v) is 4.92. The summed E-state index contributed by atoms with van der Waals surface area (Å²) in [6.45, 7) is 2.13. The number of hydrogen-bond donors (Lipinski definition) is 1. The third-order valence-corrected chi connectivity index (χ3v) is 3.34. The predicted molar refractivity (Wildman–Crippen MR) is 80.2 cm³/mol. The molecule has 0 amide bonds. The summed E-state index contributed by atoms with van der Waals surface area (Å²) in [5.41, 5.74) is 2.84. The van der Waals surface area contributed by atoms with E-state index < -0.39 is 11.6 Å². The van der Waals surface area contributed by atoms with E-state index >= 15 is 0 Å². The van der Waals surface area contributed by atoms with Gasteiger partial charge in [0.25, 0.3) is 0 Å². The van der Waals surface area contributed by atoms with Gasteiger partial charge >= 0.3 is 0 Å². The maximum absolute atomic E-state index is 13.6. The van der Waals surface area contributed by atoms with Crippen molar-refractivity contribution >= 4 is 16.6 Å². The van der Waals surface area contributed by atoms with E-state index in [1.54, 1.807) is 0 Å². The maximum atomic E-state index is 13.6. The zero-order valence-electron chi connectivity index (χ0n) is 11.5. The molecule has 0 aliphatic rings. The highest BCUT2D eigenvalue weighted by molar-refractivity contribution is 5.90. The molecule has 3 aromatic rings. The number of fused-ring (bicyclic) bond motifs is 1. The Kier molecular flexibility index (Phi) is 3.52. The molecule has 1 heterocycles. The quantitative estimate of drug-likeness (QED) is 0.769. The van der Waals surface area contributed by atoms with Gasteiger partial charge in [0.2, 0.25) is 0 Å². The van der Waals surface area contributed by atoms with Gasteiger partial charge in [0, 0.05) is 23.2 Å². The number of nitrogens with zero attached hydrogens (tertiary/aromatic N) is 1. The van der Waals surface area contributed by atoms with Gasteiger partial charge in [0.1, 0.15) is 11.6 Å². The van der Waals surface area contributed by atoms with Crippen molar-refractivity contribution in [2.45, 2.75) is 13.5 Å². The molecule has 1 N–H and O–H groups in total. The Hall–Kier alpha value is -2.49.